The normalized spacial score (nSPS) is 15.2. The molecule has 6 heteroatoms. The third-order valence-electron chi connectivity index (χ3n) is 1.39. The standard InChI is InChI=1S/C6H14O6/c7-4(6(10,11)12)2-1-3-5(8)9/h4-5,7-12H,1-3H2. The molecule has 0 aliphatic heterocycles. The minimum Gasteiger partial charge on any atom is -0.385 e. The van der Waals surface area contributed by atoms with E-state index < -0.39 is 18.4 Å². The first-order valence-corrected chi connectivity index (χ1v) is 3.55. The van der Waals surface area contributed by atoms with Crippen molar-refractivity contribution in [2.45, 2.75) is 37.6 Å². The molecule has 0 aliphatic carbocycles. The van der Waals surface area contributed by atoms with Crippen LogP contribution in [-0.4, -0.2) is 49.0 Å². The van der Waals surface area contributed by atoms with Crippen LogP contribution in [0.5, 0.6) is 0 Å². The van der Waals surface area contributed by atoms with Crippen LogP contribution in [0.15, 0.2) is 0 Å². The Balaban J connectivity index is 3.51. The lowest BCUT2D eigenvalue weighted by molar-refractivity contribution is -0.355. The molecule has 0 rings (SSSR count). The van der Waals surface area contributed by atoms with Crippen molar-refractivity contribution < 1.29 is 30.6 Å². The van der Waals surface area contributed by atoms with Crippen LogP contribution in [0.3, 0.4) is 0 Å². The van der Waals surface area contributed by atoms with Gasteiger partial charge in [-0.1, -0.05) is 0 Å². The van der Waals surface area contributed by atoms with E-state index >= 15 is 0 Å². The van der Waals surface area contributed by atoms with Gasteiger partial charge in [0.25, 0.3) is 0 Å². The van der Waals surface area contributed by atoms with Gasteiger partial charge in [-0.05, 0) is 19.3 Å². The molecule has 74 valence electrons. The molecule has 0 saturated heterocycles. The Morgan fingerprint density at radius 3 is 1.75 bits per heavy atom. The molecule has 0 amide bonds. The van der Waals surface area contributed by atoms with Gasteiger partial charge in [0.2, 0.25) is 0 Å². The van der Waals surface area contributed by atoms with E-state index in [2.05, 4.69) is 0 Å². The molecule has 0 fully saturated rings. The second kappa shape index (κ2) is 4.70. The van der Waals surface area contributed by atoms with Crippen molar-refractivity contribution in [3.63, 3.8) is 0 Å². The minimum atomic E-state index is -3.11. The third-order valence-corrected chi connectivity index (χ3v) is 1.39. The fraction of sp³-hybridized carbons (Fsp3) is 1.00. The molecule has 12 heavy (non-hydrogen) atoms. The van der Waals surface area contributed by atoms with Gasteiger partial charge < -0.3 is 30.6 Å². The summed E-state index contributed by atoms with van der Waals surface area (Å²) < 4.78 is 0. The molecule has 0 spiro atoms. The van der Waals surface area contributed by atoms with Crippen LogP contribution in [0.4, 0.5) is 0 Å². The first kappa shape index (κ1) is 11.8. The van der Waals surface area contributed by atoms with E-state index in [0.29, 0.717) is 0 Å². The van der Waals surface area contributed by atoms with Gasteiger partial charge in [0.1, 0.15) is 6.10 Å². The highest BCUT2D eigenvalue weighted by Crippen LogP contribution is 2.10. The van der Waals surface area contributed by atoms with E-state index in [1.54, 1.807) is 0 Å². The number of rotatable bonds is 5. The van der Waals surface area contributed by atoms with Crippen molar-refractivity contribution in [3.05, 3.63) is 0 Å². The smallest absolute Gasteiger partial charge is 0.302 e. The predicted octanol–water partition coefficient (Wildman–Crippen LogP) is -2.54. The van der Waals surface area contributed by atoms with Crippen LogP contribution in [0.1, 0.15) is 19.3 Å². The average Bonchev–Trinajstić information content (AvgIpc) is 1.84. The SMILES string of the molecule is OC(O)CCCC(O)C(O)(O)O. The zero-order chi connectivity index (χ0) is 9.78. The minimum absolute atomic E-state index is 0.00708. The molecule has 0 heterocycles. The molecule has 0 aromatic heterocycles. The zero-order valence-corrected chi connectivity index (χ0v) is 6.46. The lowest BCUT2D eigenvalue weighted by Crippen LogP contribution is -2.41. The fourth-order valence-electron chi connectivity index (χ4n) is 0.687. The lowest BCUT2D eigenvalue weighted by atomic mass is 10.1. The quantitative estimate of drug-likeness (QED) is 0.260. The average molecular weight is 182 g/mol. The van der Waals surface area contributed by atoms with E-state index in [1.165, 1.54) is 0 Å². The van der Waals surface area contributed by atoms with Crippen molar-refractivity contribution in [2.75, 3.05) is 0 Å². The van der Waals surface area contributed by atoms with Crippen LogP contribution >= 0.6 is 0 Å². The summed E-state index contributed by atoms with van der Waals surface area (Å²) in [6, 6.07) is 0. The molecule has 0 saturated carbocycles. The number of hydrogen-bond donors (Lipinski definition) is 6. The molecular formula is C6H14O6. The topological polar surface area (TPSA) is 121 Å². The van der Waals surface area contributed by atoms with E-state index in [0.717, 1.165) is 0 Å². The van der Waals surface area contributed by atoms with Crippen LogP contribution in [0, 0.1) is 0 Å². The van der Waals surface area contributed by atoms with Crippen molar-refractivity contribution in [1.82, 2.24) is 0 Å². The second-order valence-electron chi connectivity index (χ2n) is 2.61. The molecule has 0 aromatic carbocycles. The molecule has 1 atom stereocenters. The molecule has 0 aliphatic rings. The molecular weight excluding hydrogens is 168 g/mol. The maximum absolute atomic E-state index is 8.79. The molecule has 0 bridgehead atoms. The van der Waals surface area contributed by atoms with Crippen molar-refractivity contribution in [1.29, 1.82) is 0 Å². The fourth-order valence-corrected chi connectivity index (χ4v) is 0.687. The van der Waals surface area contributed by atoms with Gasteiger partial charge in [-0.2, -0.15) is 0 Å². The summed E-state index contributed by atoms with van der Waals surface area (Å²) in [7, 11) is 0. The molecule has 1 unspecified atom stereocenters. The Kier molecular flexibility index (Phi) is 4.61. The number of aliphatic hydroxyl groups excluding tert-OH is 2. The molecule has 0 radical (unpaired) electrons. The largest absolute Gasteiger partial charge is 0.385 e. The van der Waals surface area contributed by atoms with Crippen LogP contribution in [0.25, 0.3) is 0 Å². The molecule has 6 nitrogen and oxygen atoms in total. The van der Waals surface area contributed by atoms with Crippen LogP contribution in [0.2, 0.25) is 0 Å². The van der Waals surface area contributed by atoms with E-state index in [-0.39, 0.29) is 19.3 Å². The zero-order valence-electron chi connectivity index (χ0n) is 6.46. The maximum Gasteiger partial charge on any atom is 0.302 e. The van der Waals surface area contributed by atoms with E-state index in [9.17, 15) is 0 Å². The summed E-state index contributed by atoms with van der Waals surface area (Å²) >= 11 is 0. The number of hydrogen-bond acceptors (Lipinski definition) is 6. The summed E-state index contributed by atoms with van der Waals surface area (Å²) in [5.74, 6) is -3.11. The van der Waals surface area contributed by atoms with Gasteiger partial charge in [-0.25, -0.2) is 0 Å². The van der Waals surface area contributed by atoms with Gasteiger partial charge in [0.15, 0.2) is 6.29 Å². The number of aliphatic hydroxyl groups is 6. The van der Waals surface area contributed by atoms with Crippen molar-refractivity contribution in [2.24, 2.45) is 0 Å². The van der Waals surface area contributed by atoms with Gasteiger partial charge in [0.05, 0.1) is 0 Å². The van der Waals surface area contributed by atoms with Gasteiger partial charge in [-0.3, -0.25) is 0 Å². The van der Waals surface area contributed by atoms with Crippen molar-refractivity contribution in [3.8, 4) is 0 Å². The molecule has 6 N–H and O–H groups in total. The van der Waals surface area contributed by atoms with Gasteiger partial charge in [-0.15, -0.1) is 0 Å². The Morgan fingerprint density at radius 2 is 1.42 bits per heavy atom. The Hall–Kier alpha value is -0.240. The first-order chi connectivity index (χ1) is 5.34. The van der Waals surface area contributed by atoms with E-state index in [1.807, 2.05) is 0 Å². The van der Waals surface area contributed by atoms with Crippen LogP contribution < -0.4 is 0 Å². The lowest BCUT2D eigenvalue weighted by Gasteiger charge is -2.20. The summed E-state index contributed by atoms with van der Waals surface area (Å²) in [6.07, 6.45) is -3.13. The summed E-state index contributed by atoms with van der Waals surface area (Å²) in [5, 5.41) is 50.7. The van der Waals surface area contributed by atoms with Crippen molar-refractivity contribution >= 4 is 0 Å². The highest BCUT2D eigenvalue weighted by molar-refractivity contribution is 4.62. The second-order valence-corrected chi connectivity index (χ2v) is 2.61. The summed E-state index contributed by atoms with van der Waals surface area (Å²) in [5.41, 5.74) is 0. The summed E-state index contributed by atoms with van der Waals surface area (Å²) in [4.78, 5) is 0. The van der Waals surface area contributed by atoms with Crippen LogP contribution in [-0.2, 0) is 0 Å². The first-order valence-electron chi connectivity index (χ1n) is 3.55. The monoisotopic (exact) mass is 182 g/mol. The Morgan fingerprint density at radius 1 is 0.917 bits per heavy atom. The van der Waals surface area contributed by atoms with Gasteiger partial charge >= 0.3 is 5.97 Å². The highest BCUT2D eigenvalue weighted by Gasteiger charge is 2.29. The highest BCUT2D eigenvalue weighted by atomic mass is 16.7. The Labute approximate surface area is 69.3 Å². The van der Waals surface area contributed by atoms with E-state index in [4.69, 9.17) is 30.6 Å². The summed E-state index contributed by atoms with van der Waals surface area (Å²) in [6.45, 7) is 0. The molecule has 0 aromatic rings. The van der Waals surface area contributed by atoms with Gasteiger partial charge in [0, 0.05) is 0 Å². The third kappa shape index (κ3) is 5.42. The Bertz CT molecular complexity index is 118. The predicted molar refractivity (Wildman–Crippen MR) is 37.5 cm³/mol. The maximum atomic E-state index is 8.79.